The van der Waals surface area contributed by atoms with E-state index in [1.54, 1.807) is 26.4 Å². The molecule has 2 N–H and O–H groups in total. The van der Waals surface area contributed by atoms with Crippen LogP contribution in [-0.2, 0) is 6.54 Å². The van der Waals surface area contributed by atoms with E-state index in [9.17, 15) is 9.59 Å². The molecular formula is C13H15N3O3S. The normalized spacial score (nSPS) is 10.6. The zero-order chi connectivity index (χ0) is 14.9. The van der Waals surface area contributed by atoms with Crippen LogP contribution in [0.2, 0.25) is 0 Å². The number of aromatic nitrogens is 2. The van der Waals surface area contributed by atoms with Gasteiger partial charge < -0.3 is 15.0 Å². The highest BCUT2D eigenvalue weighted by Gasteiger charge is 2.24. The van der Waals surface area contributed by atoms with Crippen LogP contribution in [0.15, 0.2) is 10.9 Å². The number of nitrogens with one attached hydrogen (secondary N) is 1. The van der Waals surface area contributed by atoms with E-state index in [1.807, 2.05) is 5.38 Å². The van der Waals surface area contributed by atoms with Gasteiger partial charge in [0.05, 0.1) is 23.3 Å². The molecular weight excluding hydrogens is 278 g/mol. The topological polar surface area (TPSA) is 86.3 Å². The van der Waals surface area contributed by atoms with Gasteiger partial charge in [-0.25, -0.2) is 9.78 Å². The van der Waals surface area contributed by atoms with Crippen molar-refractivity contribution in [3.05, 3.63) is 39.1 Å². The second-order valence-electron chi connectivity index (χ2n) is 4.57. The van der Waals surface area contributed by atoms with E-state index >= 15 is 0 Å². The molecule has 0 radical (unpaired) electrons. The molecule has 0 bridgehead atoms. The van der Waals surface area contributed by atoms with Gasteiger partial charge in [0.2, 0.25) is 0 Å². The van der Waals surface area contributed by atoms with Crippen LogP contribution in [0.3, 0.4) is 0 Å². The number of nitrogens with zero attached hydrogens (tertiary/aromatic N) is 2. The van der Waals surface area contributed by atoms with Crippen LogP contribution in [0.25, 0.3) is 0 Å². The SMILES string of the molecule is Cc1[nH]c(C(=O)O)c(C)c1C(=O)N(C)Cc1cscn1. The maximum atomic E-state index is 12.4. The van der Waals surface area contributed by atoms with Crippen molar-refractivity contribution < 1.29 is 14.7 Å². The van der Waals surface area contributed by atoms with Crippen LogP contribution in [0, 0.1) is 13.8 Å². The third-order valence-corrected chi connectivity index (χ3v) is 3.73. The monoisotopic (exact) mass is 293 g/mol. The molecule has 0 spiro atoms. The highest BCUT2D eigenvalue weighted by molar-refractivity contribution is 7.07. The van der Waals surface area contributed by atoms with E-state index in [0.717, 1.165) is 5.69 Å². The van der Waals surface area contributed by atoms with Crippen LogP contribution < -0.4 is 0 Å². The first-order chi connectivity index (χ1) is 9.41. The molecule has 0 unspecified atom stereocenters. The molecule has 0 aliphatic rings. The van der Waals surface area contributed by atoms with Gasteiger partial charge in [-0.2, -0.15) is 0 Å². The summed E-state index contributed by atoms with van der Waals surface area (Å²) >= 11 is 1.47. The fourth-order valence-corrected chi connectivity index (χ4v) is 2.66. The molecule has 0 saturated heterocycles. The Hall–Kier alpha value is -2.15. The Kier molecular flexibility index (Phi) is 3.89. The summed E-state index contributed by atoms with van der Waals surface area (Å²) in [6, 6.07) is 0. The number of aromatic carboxylic acids is 1. The number of hydrogen-bond donors (Lipinski definition) is 2. The summed E-state index contributed by atoms with van der Waals surface area (Å²) in [5, 5.41) is 10.9. The van der Waals surface area contributed by atoms with E-state index in [0.29, 0.717) is 23.4 Å². The lowest BCUT2D eigenvalue weighted by Crippen LogP contribution is -2.27. The number of carbonyl (C=O) groups excluding carboxylic acids is 1. The molecule has 2 aromatic heterocycles. The Morgan fingerprint density at radius 3 is 2.65 bits per heavy atom. The number of amides is 1. The average molecular weight is 293 g/mol. The van der Waals surface area contributed by atoms with Crippen molar-refractivity contribution in [1.29, 1.82) is 0 Å². The number of rotatable bonds is 4. The van der Waals surface area contributed by atoms with Gasteiger partial charge in [0.15, 0.2) is 0 Å². The molecule has 2 rings (SSSR count). The van der Waals surface area contributed by atoms with Crippen LogP contribution in [0.4, 0.5) is 0 Å². The van der Waals surface area contributed by atoms with Crippen LogP contribution >= 0.6 is 11.3 Å². The number of H-pyrrole nitrogens is 1. The summed E-state index contributed by atoms with van der Waals surface area (Å²) in [5.41, 5.74) is 4.03. The first kappa shape index (κ1) is 14.3. The minimum Gasteiger partial charge on any atom is -0.477 e. The Balaban J connectivity index is 2.27. The summed E-state index contributed by atoms with van der Waals surface area (Å²) in [4.78, 5) is 31.9. The van der Waals surface area contributed by atoms with Crippen LogP contribution in [0.1, 0.15) is 37.8 Å². The van der Waals surface area contributed by atoms with Gasteiger partial charge in [0, 0.05) is 18.1 Å². The van der Waals surface area contributed by atoms with E-state index in [2.05, 4.69) is 9.97 Å². The van der Waals surface area contributed by atoms with Gasteiger partial charge in [-0.05, 0) is 19.4 Å². The van der Waals surface area contributed by atoms with E-state index in [4.69, 9.17) is 5.11 Å². The van der Waals surface area contributed by atoms with Crippen LogP contribution in [0.5, 0.6) is 0 Å². The van der Waals surface area contributed by atoms with Gasteiger partial charge in [-0.15, -0.1) is 11.3 Å². The minimum atomic E-state index is -1.06. The fraction of sp³-hybridized carbons (Fsp3) is 0.308. The summed E-state index contributed by atoms with van der Waals surface area (Å²) in [6.07, 6.45) is 0. The van der Waals surface area contributed by atoms with Crippen molar-refractivity contribution in [2.75, 3.05) is 7.05 Å². The van der Waals surface area contributed by atoms with Crippen molar-refractivity contribution >= 4 is 23.2 Å². The Morgan fingerprint density at radius 2 is 2.15 bits per heavy atom. The summed E-state index contributed by atoms with van der Waals surface area (Å²) in [7, 11) is 1.67. The molecule has 7 heteroatoms. The lowest BCUT2D eigenvalue weighted by Gasteiger charge is -2.16. The van der Waals surface area contributed by atoms with E-state index in [1.165, 1.54) is 16.2 Å². The third-order valence-electron chi connectivity index (χ3n) is 3.09. The average Bonchev–Trinajstić information content (AvgIpc) is 2.97. The number of thiazole rings is 1. The number of aryl methyl sites for hydroxylation is 1. The second kappa shape index (κ2) is 5.46. The molecule has 0 aromatic carbocycles. The van der Waals surface area contributed by atoms with E-state index in [-0.39, 0.29) is 11.6 Å². The van der Waals surface area contributed by atoms with Crippen molar-refractivity contribution in [2.24, 2.45) is 0 Å². The Morgan fingerprint density at radius 1 is 1.45 bits per heavy atom. The molecule has 0 saturated carbocycles. The maximum absolute atomic E-state index is 12.4. The molecule has 20 heavy (non-hydrogen) atoms. The van der Waals surface area contributed by atoms with Gasteiger partial charge in [0.25, 0.3) is 5.91 Å². The predicted octanol–water partition coefficient (Wildman–Crippen LogP) is 2.06. The molecule has 106 valence electrons. The molecule has 1 amide bonds. The number of hydrogen-bond acceptors (Lipinski definition) is 4. The van der Waals surface area contributed by atoms with Crippen molar-refractivity contribution in [3.8, 4) is 0 Å². The smallest absolute Gasteiger partial charge is 0.352 e. The first-order valence-electron chi connectivity index (χ1n) is 5.96. The lowest BCUT2D eigenvalue weighted by molar-refractivity contribution is 0.0690. The first-order valence-corrected chi connectivity index (χ1v) is 6.91. The zero-order valence-corrected chi connectivity index (χ0v) is 12.2. The molecule has 2 heterocycles. The Bertz CT molecular complexity index is 646. The summed E-state index contributed by atoms with van der Waals surface area (Å²) < 4.78 is 0. The minimum absolute atomic E-state index is 0.0629. The van der Waals surface area contributed by atoms with Crippen molar-refractivity contribution in [3.63, 3.8) is 0 Å². The molecule has 0 aliphatic carbocycles. The molecule has 6 nitrogen and oxygen atoms in total. The van der Waals surface area contributed by atoms with Crippen molar-refractivity contribution in [1.82, 2.24) is 14.9 Å². The van der Waals surface area contributed by atoms with Gasteiger partial charge >= 0.3 is 5.97 Å². The number of aromatic amines is 1. The zero-order valence-electron chi connectivity index (χ0n) is 11.4. The van der Waals surface area contributed by atoms with Crippen molar-refractivity contribution in [2.45, 2.75) is 20.4 Å². The summed E-state index contributed by atoms with van der Waals surface area (Å²) in [6.45, 7) is 3.73. The number of carboxylic acid groups (broad SMARTS) is 1. The number of carbonyl (C=O) groups is 2. The molecule has 0 atom stereocenters. The van der Waals surface area contributed by atoms with Crippen LogP contribution in [-0.4, -0.2) is 38.9 Å². The highest BCUT2D eigenvalue weighted by atomic mass is 32.1. The maximum Gasteiger partial charge on any atom is 0.352 e. The largest absolute Gasteiger partial charge is 0.477 e. The fourth-order valence-electron chi connectivity index (χ4n) is 2.11. The van der Waals surface area contributed by atoms with E-state index < -0.39 is 5.97 Å². The highest BCUT2D eigenvalue weighted by Crippen LogP contribution is 2.20. The molecule has 0 fully saturated rings. The molecule has 0 aliphatic heterocycles. The number of carboxylic acids is 1. The molecule has 2 aromatic rings. The second-order valence-corrected chi connectivity index (χ2v) is 5.29. The predicted molar refractivity (Wildman–Crippen MR) is 75.1 cm³/mol. The Labute approximate surface area is 120 Å². The van der Waals surface area contributed by atoms with Gasteiger partial charge in [-0.3, -0.25) is 4.79 Å². The van der Waals surface area contributed by atoms with Gasteiger partial charge in [0.1, 0.15) is 5.69 Å². The van der Waals surface area contributed by atoms with Gasteiger partial charge in [-0.1, -0.05) is 0 Å². The standard InChI is InChI=1S/C13H15N3O3S/c1-7-10(8(2)15-11(7)13(18)19)12(17)16(3)4-9-5-20-6-14-9/h5-6,15H,4H2,1-3H3,(H,18,19). The third kappa shape index (κ3) is 2.57. The quantitative estimate of drug-likeness (QED) is 0.903. The summed E-state index contributed by atoms with van der Waals surface area (Å²) in [5.74, 6) is -1.27. The lowest BCUT2D eigenvalue weighted by atomic mass is 10.1.